The van der Waals surface area contributed by atoms with Crippen LogP contribution in [0.3, 0.4) is 0 Å². The van der Waals surface area contributed by atoms with Crippen LogP contribution in [-0.2, 0) is 13.1 Å². The minimum Gasteiger partial charge on any atom is -0.467 e. The second-order valence-electron chi connectivity index (χ2n) is 9.30. The van der Waals surface area contributed by atoms with E-state index in [0.29, 0.717) is 39.5 Å². The van der Waals surface area contributed by atoms with Gasteiger partial charge in [-0.2, -0.15) is 0 Å². The van der Waals surface area contributed by atoms with Gasteiger partial charge in [-0.1, -0.05) is 59.8 Å². The van der Waals surface area contributed by atoms with Crippen molar-refractivity contribution in [3.8, 4) is 0 Å². The zero-order valence-corrected chi connectivity index (χ0v) is 22.5. The fourth-order valence-electron chi connectivity index (χ4n) is 4.28. The van der Waals surface area contributed by atoms with E-state index in [-0.39, 0.29) is 29.5 Å². The van der Waals surface area contributed by atoms with Crippen molar-refractivity contribution >= 4 is 34.4 Å². The molecule has 1 N–H and O–H groups in total. The molecule has 2 heterocycles. The van der Waals surface area contributed by atoms with E-state index in [4.69, 9.17) is 9.40 Å². The van der Waals surface area contributed by atoms with Gasteiger partial charge in [0.05, 0.1) is 36.0 Å². The summed E-state index contributed by atoms with van der Waals surface area (Å²) in [6, 6.07) is 23.8. The van der Waals surface area contributed by atoms with Gasteiger partial charge in [0.1, 0.15) is 5.76 Å². The van der Waals surface area contributed by atoms with Crippen LogP contribution in [-0.4, -0.2) is 27.0 Å². The standard InChI is InChI=1S/C31H27N3O4S/c1-20-10-11-21(2)26(15-20)28(35)19-39-31-33-27-16-23(29(36)32-17-24-9-6-14-38-24)12-13-25(27)30(37)34(31)18-22-7-4-3-5-8-22/h3-16H,17-19H2,1-2H3,(H,32,36). The molecule has 5 rings (SSSR count). The largest absolute Gasteiger partial charge is 0.467 e. The van der Waals surface area contributed by atoms with Crippen LogP contribution in [0, 0.1) is 13.8 Å². The fraction of sp³-hybridized carbons (Fsp3) is 0.161. The molecule has 0 unspecified atom stereocenters. The van der Waals surface area contributed by atoms with E-state index >= 15 is 0 Å². The summed E-state index contributed by atoms with van der Waals surface area (Å²) in [7, 11) is 0. The molecule has 0 fully saturated rings. The van der Waals surface area contributed by atoms with E-state index < -0.39 is 0 Å². The molecule has 7 nitrogen and oxygen atoms in total. The zero-order chi connectivity index (χ0) is 27.4. The van der Waals surface area contributed by atoms with Crippen LogP contribution in [0.5, 0.6) is 0 Å². The van der Waals surface area contributed by atoms with Crippen LogP contribution >= 0.6 is 11.8 Å². The summed E-state index contributed by atoms with van der Waals surface area (Å²) >= 11 is 1.22. The van der Waals surface area contributed by atoms with Gasteiger partial charge in [-0.3, -0.25) is 19.0 Å². The number of nitrogens with zero attached hydrogens (tertiary/aromatic N) is 2. The molecule has 8 heteroatoms. The number of hydrogen-bond acceptors (Lipinski definition) is 6. The van der Waals surface area contributed by atoms with Gasteiger partial charge in [0, 0.05) is 11.1 Å². The Bertz CT molecular complexity index is 1710. The number of amides is 1. The Kier molecular flexibility index (Phi) is 7.74. The Hall–Kier alpha value is -4.43. The van der Waals surface area contributed by atoms with Gasteiger partial charge >= 0.3 is 0 Å². The lowest BCUT2D eigenvalue weighted by molar-refractivity contribution is 0.0947. The van der Waals surface area contributed by atoms with Gasteiger partial charge in [-0.05, 0) is 61.4 Å². The van der Waals surface area contributed by atoms with Crippen LogP contribution in [0.4, 0.5) is 0 Å². The van der Waals surface area contributed by atoms with Crippen LogP contribution in [0.15, 0.2) is 99.5 Å². The fourth-order valence-corrected chi connectivity index (χ4v) is 5.17. The summed E-state index contributed by atoms with van der Waals surface area (Å²) in [5.74, 6) is 0.425. The van der Waals surface area contributed by atoms with Gasteiger partial charge in [-0.15, -0.1) is 0 Å². The summed E-state index contributed by atoms with van der Waals surface area (Å²) < 4.78 is 6.87. The molecule has 0 bridgehead atoms. The molecule has 1 amide bonds. The maximum absolute atomic E-state index is 13.6. The van der Waals surface area contributed by atoms with Gasteiger partial charge < -0.3 is 9.73 Å². The molecule has 0 aliphatic carbocycles. The number of ketones is 1. The Balaban J connectivity index is 1.48. The highest BCUT2D eigenvalue weighted by Gasteiger charge is 2.17. The number of carbonyl (C=O) groups is 2. The topological polar surface area (TPSA) is 94.2 Å². The van der Waals surface area contributed by atoms with E-state index in [1.807, 2.05) is 62.4 Å². The molecule has 39 heavy (non-hydrogen) atoms. The number of aromatic nitrogens is 2. The van der Waals surface area contributed by atoms with Crippen LogP contribution in [0.25, 0.3) is 10.9 Å². The molecule has 0 aliphatic heterocycles. The molecular formula is C31H27N3O4S. The Morgan fingerprint density at radius 1 is 0.974 bits per heavy atom. The lowest BCUT2D eigenvalue weighted by Gasteiger charge is -2.14. The molecule has 3 aromatic carbocycles. The minimum absolute atomic E-state index is 0.0344. The predicted molar refractivity (Wildman–Crippen MR) is 152 cm³/mol. The van der Waals surface area contributed by atoms with Gasteiger partial charge in [0.2, 0.25) is 0 Å². The molecular weight excluding hydrogens is 510 g/mol. The number of furan rings is 1. The average Bonchev–Trinajstić information content (AvgIpc) is 3.47. The van der Waals surface area contributed by atoms with Crippen molar-refractivity contribution in [1.29, 1.82) is 0 Å². The van der Waals surface area contributed by atoms with Crippen LogP contribution in [0.1, 0.15) is 43.2 Å². The van der Waals surface area contributed by atoms with E-state index in [2.05, 4.69) is 5.32 Å². The molecule has 0 saturated heterocycles. The Morgan fingerprint density at radius 3 is 2.56 bits per heavy atom. The highest BCUT2D eigenvalue weighted by Crippen LogP contribution is 2.22. The summed E-state index contributed by atoms with van der Waals surface area (Å²) in [6.07, 6.45) is 1.55. The number of aryl methyl sites for hydroxylation is 2. The van der Waals surface area contributed by atoms with Crippen molar-refractivity contribution in [3.63, 3.8) is 0 Å². The van der Waals surface area contributed by atoms with Gasteiger partial charge in [-0.25, -0.2) is 4.98 Å². The van der Waals surface area contributed by atoms with Crippen LogP contribution in [0.2, 0.25) is 0 Å². The predicted octanol–water partition coefficient (Wildman–Crippen LogP) is 5.56. The number of Topliss-reactive ketones (excluding diaryl/α,β-unsaturated/α-hetero) is 1. The van der Waals surface area contributed by atoms with Gasteiger partial charge in [0.25, 0.3) is 11.5 Å². The molecule has 0 atom stereocenters. The number of rotatable bonds is 9. The number of nitrogens with one attached hydrogen (secondary N) is 1. The van der Waals surface area contributed by atoms with Crippen molar-refractivity contribution in [1.82, 2.24) is 14.9 Å². The number of thioether (sulfide) groups is 1. The first-order chi connectivity index (χ1) is 18.9. The third-order valence-electron chi connectivity index (χ3n) is 6.40. The van der Waals surface area contributed by atoms with E-state index in [0.717, 1.165) is 16.7 Å². The molecule has 5 aromatic rings. The molecule has 0 saturated carbocycles. The number of benzene rings is 3. The third-order valence-corrected chi connectivity index (χ3v) is 7.37. The van der Waals surface area contributed by atoms with Crippen molar-refractivity contribution < 1.29 is 14.0 Å². The maximum atomic E-state index is 13.6. The SMILES string of the molecule is Cc1ccc(C)c(C(=O)CSc2nc3cc(C(=O)NCc4ccco4)ccc3c(=O)n2Cc2ccccc2)c1. The Morgan fingerprint density at radius 2 is 1.79 bits per heavy atom. The molecule has 0 radical (unpaired) electrons. The maximum Gasteiger partial charge on any atom is 0.262 e. The second kappa shape index (κ2) is 11.5. The van der Waals surface area contributed by atoms with Crippen LogP contribution < -0.4 is 10.9 Å². The van der Waals surface area contributed by atoms with E-state index in [9.17, 15) is 14.4 Å². The molecule has 2 aromatic heterocycles. The van der Waals surface area contributed by atoms with Crippen molar-refractivity contribution in [2.75, 3.05) is 5.75 Å². The lowest BCUT2D eigenvalue weighted by atomic mass is 10.0. The summed E-state index contributed by atoms with van der Waals surface area (Å²) in [5.41, 5.74) is 4.07. The molecule has 0 aliphatic rings. The highest BCUT2D eigenvalue weighted by atomic mass is 32.2. The normalized spacial score (nSPS) is 11.0. The number of fused-ring (bicyclic) bond motifs is 1. The minimum atomic E-state index is -0.303. The van der Waals surface area contributed by atoms with Crippen molar-refractivity contribution in [2.24, 2.45) is 0 Å². The lowest BCUT2D eigenvalue weighted by Crippen LogP contribution is -2.25. The average molecular weight is 538 g/mol. The smallest absolute Gasteiger partial charge is 0.262 e. The second-order valence-corrected chi connectivity index (χ2v) is 10.2. The molecule has 196 valence electrons. The first-order valence-corrected chi connectivity index (χ1v) is 13.5. The quantitative estimate of drug-likeness (QED) is 0.150. The summed E-state index contributed by atoms with van der Waals surface area (Å²) in [6.45, 7) is 4.43. The monoisotopic (exact) mass is 537 g/mol. The number of carbonyl (C=O) groups excluding carboxylic acids is 2. The van der Waals surface area contributed by atoms with Crippen molar-refractivity contribution in [2.45, 2.75) is 32.1 Å². The van der Waals surface area contributed by atoms with Crippen molar-refractivity contribution in [3.05, 3.63) is 129 Å². The van der Waals surface area contributed by atoms with Gasteiger partial charge in [0.15, 0.2) is 10.9 Å². The highest BCUT2D eigenvalue weighted by molar-refractivity contribution is 7.99. The Labute approximate surface area is 229 Å². The zero-order valence-electron chi connectivity index (χ0n) is 21.6. The summed E-state index contributed by atoms with van der Waals surface area (Å²) in [5, 5.41) is 3.63. The third kappa shape index (κ3) is 6.02. The number of hydrogen-bond donors (Lipinski definition) is 1. The summed E-state index contributed by atoms with van der Waals surface area (Å²) in [4.78, 5) is 44.3. The van der Waals surface area contributed by atoms with E-state index in [1.165, 1.54) is 11.8 Å². The first kappa shape index (κ1) is 26.2. The van der Waals surface area contributed by atoms with E-state index in [1.54, 1.807) is 41.2 Å². The molecule has 0 spiro atoms. The first-order valence-electron chi connectivity index (χ1n) is 12.5.